The molecule has 0 fully saturated rings. The lowest BCUT2D eigenvalue weighted by atomic mass is 10.3. The molecular formula is C20H21N3OS. The van der Waals surface area contributed by atoms with Gasteiger partial charge in [0.2, 0.25) is 0 Å². The summed E-state index contributed by atoms with van der Waals surface area (Å²) in [5.74, 6) is 8.03. The van der Waals surface area contributed by atoms with Crippen LogP contribution < -0.4 is 10.5 Å². The zero-order valence-electron chi connectivity index (χ0n) is 14.5. The maximum absolute atomic E-state index is 6.00. The van der Waals surface area contributed by atoms with Gasteiger partial charge in [-0.3, -0.25) is 9.88 Å². The molecule has 5 heteroatoms. The molecule has 0 radical (unpaired) electrons. The van der Waals surface area contributed by atoms with Crippen molar-refractivity contribution in [3.63, 3.8) is 0 Å². The van der Waals surface area contributed by atoms with E-state index in [9.17, 15) is 0 Å². The first-order chi connectivity index (χ1) is 12.2. The Labute approximate surface area is 152 Å². The SMILES string of the molecule is CCN(CC)CC#Cc1cc2nccc(Oc3ccc(N)cc3)c2s1. The Bertz CT molecular complexity index is 902. The molecule has 0 spiro atoms. The molecule has 2 N–H and O–H groups in total. The third kappa shape index (κ3) is 4.30. The first-order valence-corrected chi connectivity index (χ1v) is 9.14. The number of thiophene rings is 1. The molecular weight excluding hydrogens is 330 g/mol. The number of ether oxygens (including phenoxy) is 1. The quantitative estimate of drug-likeness (QED) is 0.548. The van der Waals surface area contributed by atoms with Gasteiger partial charge < -0.3 is 10.5 Å². The van der Waals surface area contributed by atoms with Crippen LogP contribution in [-0.4, -0.2) is 29.5 Å². The summed E-state index contributed by atoms with van der Waals surface area (Å²) < 4.78 is 7.00. The Kier molecular flexibility index (Phi) is 5.54. The van der Waals surface area contributed by atoms with Crippen molar-refractivity contribution in [1.29, 1.82) is 0 Å². The van der Waals surface area contributed by atoms with E-state index < -0.39 is 0 Å². The van der Waals surface area contributed by atoms with Crippen LogP contribution in [0.3, 0.4) is 0 Å². The molecule has 25 heavy (non-hydrogen) atoms. The lowest BCUT2D eigenvalue weighted by molar-refractivity contribution is 0.342. The summed E-state index contributed by atoms with van der Waals surface area (Å²) >= 11 is 1.61. The number of nitrogens with two attached hydrogens (primary N) is 1. The average Bonchev–Trinajstić information content (AvgIpc) is 3.05. The normalized spacial score (nSPS) is 10.7. The molecule has 0 amide bonds. The Morgan fingerprint density at radius 1 is 1.16 bits per heavy atom. The van der Waals surface area contributed by atoms with E-state index >= 15 is 0 Å². The average molecular weight is 351 g/mol. The molecule has 4 nitrogen and oxygen atoms in total. The van der Waals surface area contributed by atoms with Gasteiger partial charge in [0.15, 0.2) is 0 Å². The van der Waals surface area contributed by atoms with Crippen molar-refractivity contribution >= 4 is 27.2 Å². The largest absolute Gasteiger partial charge is 0.456 e. The minimum atomic E-state index is 0.717. The second kappa shape index (κ2) is 8.02. The van der Waals surface area contributed by atoms with Gasteiger partial charge in [-0.15, -0.1) is 11.3 Å². The second-order valence-electron chi connectivity index (χ2n) is 5.57. The van der Waals surface area contributed by atoms with E-state index in [-0.39, 0.29) is 0 Å². The number of rotatable bonds is 5. The van der Waals surface area contributed by atoms with E-state index in [0.29, 0.717) is 5.69 Å². The maximum Gasteiger partial charge on any atom is 0.148 e. The molecule has 0 aliphatic heterocycles. The summed E-state index contributed by atoms with van der Waals surface area (Å²) in [5, 5.41) is 0. The monoisotopic (exact) mass is 351 g/mol. The van der Waals surface area contributed by atoms with Crippen LogP contribution in [0.2, 0.25) is 0 Å². The smallest absolute Gasteiger partial charge is 0.148 e. The predicted octanol–water partition coefficient (Wildman–Crippen LogP) is 4.36. The summed E-state index contributed by atoms with van der Waals surface area (Å²) in [7, 11) is 0. The predicted molar refractivity (Wildman–Crippen MR) is 105 cm³/mol. The van der Waals surface area contributed by atoms with E-state index in [1.54, 1.807) is 17.5 Å². The van der Waals surface area contributed by atoms with Gasteiger partial charge in [-0.2, -0.15) is 0 Å². The number of nitrogens with zero attached hydrogens (tertiary/aromatic N) is 2. The highest BCUT2D eigenvalue weighted by Crippen LogP contribution is 2.34. The van der Waals surface area contributed by atoms with E-state index in [0.717, 1.165) is 46.2 Å². The van der Waals surface area contributed by atoms with Crippen molar-refractivity contribution in [2.75, 3.05) is 25.4 Å². The zero-order valence-corrected chi connectivity index (χ0v) is 15.3. The molecule has 0 saturated heterocycles. The lowest BCUT2D eigenvalue weighted by Crippen LogP contribution is -2.22. The van der Waals surface area contributed by atoms with E-state index in [1.807, 2.05) is 36.4 Å². The fraction of sp³-hybridized carbons (Fsp3) is 0.250. The number of benzene rings is 1. The minimum Gasteiger partial charge on any atom is -0.456 e. The van der Waals surface area contributed by atoms with Crippen molar-refractivity contribution < 1.29 is 4.74 Å². The van der Waals surface area contributed by atoms with E-state index in [1.165, 1.54) is 0 Å². The van der Waals surface area contributed by atoms with Gasteiger partial charge in [-0.05, 0) is 43.4 Å². The highest BCUT2D eigenvalue weighted by atomic mass is 32.1. The molecule has 2 aromatic heterocycles. The highest BCUT2D eigenvalue weighted by molar-refractivity contribution is 7.19. The van der Waals surface area contributed by atoms with Gasteiger partial charge in [-0.25, -0.2) is 0 Å². The zero-order chi connectivity index (χ0) is 17.6. The van der Waals surface area contributed by atoms with Crippen LogP contribution >= 0.6 is 11.3 Å². The minimum absolute atomic E-state index is 0.717. The molecule has 0 aliphatic carbocycles. The second-order valence-corrected chi connectivity index (χ2v) is 6.62. The number of anilines is 1. The van der Waals surface area contributed by atoms with Crippen LogP contribution in [0.25, 0.3) is 10.2 Å². The summed E-state index contributed by atoms with van der Waals surface area (Å²) in [4.78, 5) is 7.71. The molecule has 2 heterocycles. The molecule has 0 saturated carbocycles. The van der Waals surface area contributed by atoms with Crippen LogP contribution in [0.1, 0.15) is 18.7 Å². The molecule has 0 aliphatic rings. The van der Waals surface area contributed by atoms with Gasteiger partial charge in [0.05, 0.1) is 21.6 Å². The number of pyridine rings is 1. The van der Waals surface area contributed by atoms with E-state index in [4.69, 9.17) is 10.5 Å². The van der Waals surface area contributed by atoms with E-state index in [2.05, 4.69) is 35.6 Å². The first-order valence-electron chi connectivity index (χ1n) is 8.32. The fourth-order valence-corrected chi connectivity index (χ4v) is 3.35. The topological polar surface area (TPSA) is 51.4 Å². The molecule has 1 aromatic carbocycles. The van der Waals surface area contributed by atoms with Crippen molar-refractivity contribution in [3.8, 4) is 23.3 Å². The lowest BCUT2D eigenvalue weighted by Gasteiger charge is -2.12. The van der Waals surface area contributed by atoms with Gasteiger partial charge >= 0.3 is 0 Å². The molecule has 128 valence electrons. The van der Waals surface area contributed by atoms with Gasteiger partial charge in [0, 0.05) is 18.0 Å². The van der Waals surface area contributed by atoms with Crippen LogP contribution in [0.5, 0.6) is 11.5 Å². The van der Waals surface area contributed by atoms with Crippen molar-refractivity contribution in [1.82, 2.24) is 9.88 Å². The summed E-state index contributed by atoms with van der Waals surface area (Å²) in [6.45, 7) is 7.10. The third-order valence-electron chi connectivity index (χ3n) is 3.89. The van der Waals surface area contributed by atoms with Gasteiger partial charge in [0.1, 0.15) is 11.5 Å². The third-order valence-corrected chi connectivity index (χ3v) is 4.95. The Balaban J connectivity index is 1.83. The molecule has 3 aromatic rings. The van der Waals surface area contributed by atoms with Gasteiger partial charge in [0.25, 0.3) is 0 Å². The molecule has 0 atom stereocenters. The number of hydrogen-bond acceptors (Lipinski definition) is 5. The maximum atomic E-state index is 6.00. The van der Waals surface area contributed by atoms with Crippen LogP contribution in [0, 0.1) is 11.8 Å². The highest BCUT2D eigenvalue weighted by Gasteiger charge is 2.08. The first kappa shape index (κ1) is 17.3. The van der Waals surface area contributed by atoms with Gasteiger partial charge in [-0.1, -0.05) is 25.7 Å². The van der Waals surface area contributed by atoms with Crippen molar-refractivity contribution in [2.45, 2.75) is 13.8 Å². The summed E-state index contributed by atoms with van der Waals surface area (Å²) in [6.07, 6.45) is 1.76. The standard InChI is InChI=1S/C20H21N3OS/c1-3-23(4-2)13-5-6-17-14-18-20(25-17)19(11-12-22-18)24-16-9-7-15(21)8-10-16/h7-12,14H,3-4,13,21H2,1-2H3. The number of aromatic nitrogens is 1. The van der Waals surface area contributed by atoms with Crippen LogP contribution in [0.4, 0.5) is 5.69 Å². The molecule has 0 bridgehead atoms. The summed E-state index contributed by atoms with van der Waals surface area (Å²) in [5.41, 5.74) is 7.34. The Morgan fingerprint density at radius 2 is 1.92 bits per heavy atom. The molecule has 3 rings (SSSR count). The summed E-state index contributed by atoms with van der Waals surface area (Å²) in [6, 6.07) is 11.3. The Morgan fingerprint density at radius 3 is 2.64 bits per heavy atom. The fourth-order valence-electron chi connectivity index (χ4n) is 2.41. The molecule has 0 unspecified atom stereocenters. The van der Waals surface area contributed by atoms with Crippen LogP contribution in [-0.2, 0) is 0 Å². The number of nitrogen functional groups attached to an aromatic ring is 1. The van der Waals surface area contributed by atoms with Crippen LogP contribution in [0.15, 0.2) is 42.6 Å². The van der Waals surface area contributed by atoms with Crippen molar-refractivity contribution in [2.24, 2.45) is 0 Å². The van der Waals surface area contributed by atoms with Crippen molar-refractivity contribution in [3.05, 3.63) is 47.5 Å². The Hall–Kier alpha value is -2.55. The number of fused-ring (bicyclic) bond motifs is 1. The number of hydrogen-bond donors (Lipinski definition) is 1.